The van der Waals surface area contributed by atoms with Crippen molar-refractivity contribution in [2.24, 2.45) is 0 Å². The Morgan fingerprint density at radius 2 is 2.04 bits per heavy atom. The van der Waals surface area contributed by atoms with Crippen LogP contribution in [0.25, 0.3) is 0 Å². The van der Waals surface area contributed by atoms with Gasteiger partial charge in [0.25, 0.3) is 0 Å². The smallest absolute Gasteiger partial charge is 0.337 e. The van der Waals surface area contributed by atoms with Crippen LogP contribution in [0, 0.1) is 0 Å². The number of anilines is 1. The summed E-state index contributed by atoms with van der Waals surface area (Å²) in [5.74, 6) is -0.968. The number of hydrogen-bond acceptors (Lipinski definition) is 5. The number of nitrogens with zero attached hydrogens (tertiary/aromatic N) is 1. The topological polar surface area (TPSA) is 92.8 Å². The van der Waals surface area contributed by atoms with Crippen molar-refractivity contribution in [3.8, 4) is 0 Å². The van der Waals surface area contributed by atoms with Crippen LogP contribution < -0.4 is 5.32 Å². The molecule has 2 rings (SSSR count). The number of methoxy groups -OCH3 is 1. The van der Waals surface area contributed by atoms with Gasteiger partial charge in [0.1, 0.15) is 0 Å². The van der Waals surface area contributed by atoms with Gasteiger partial charge in [-0.05, 0) is 50.3 Å². The van der Waals surface area contributed by atoms with Crippen molar-refractivity contribution in [3.05, 3.63) is 41.5 Å². The van der Waals surface area contributed by atoms with Gasteiger partial charge in [-0.2, -0.15) is 4.31 Å². The lowest BCUT2D eigenvalue weighted by Crippen LogP contribution is -2.38. The molecule has 0 atom stereocenters. The first kappa shape index (κ1) is 21.1. The number of carbonyl (C=O) groups excluding carboxylic acids is 2. The summed E-state index contributed by atoms with van der Waals surface area (Å²) in [4.78, 5) is 23.9. The van der Waals surface area contributed by atoms with Gasteiger partial charge in [0, 0.05) is 12.2 Å². The highest BCUT2D eigenvalue weighted by atomic mass is 32.2. The molecule has 0 heterocycles. The molecule has 0 radical (unpaired) electrons. The fraction of sp³-hybridized carbons (Fsp3) is 0.474. The highest BCUT2D eigenvalue weighted by molar-refractivity contribution is 7.88. The molecule has 0 aromatic heterocycles. The molecular weight excluding hydrogens is 368 g/mol. The predicted octanol–water partition coefficient (Wildman–Crippen LogP) is 2.56. The van der Waals surface area contributed by atoms with Gasteiger partial charge in [0.2, 0.25) is 15.9 Å². The Labute approximate surface area is 160 Å². The zero-order valence-electron chi connectivity index (χ0n) is 15.7. The van der Waals surface area contributed by atoms with Gasteiger partial charge in [-0.15, -0.1) is 0 Å². The van der Waals surface area contributed by atoms with Crippen LogP contribution in [0.15, 0.2) is 35.9 Å². The van der Waals surface area contributed by atoms with Gasteiger partial charge in [0.05, 0.1) is 25.5 Å². The monoisotopic (exact) mass is 394 g/mol. The predicted molar refractivity (Wildman–Crippen MR) is 104 cm³/mol. The number of carbonyl (C=O) groups is 2. The maximum Gasteiger partial charge on any atom is 0.337 e. The molecule has 0 unspecified atom stereocenters. The lowest BCUT2D eigenvalue weighted by atomic mass is 9.97. The van der Waals surface area contributed by atoms with Crippen LogP contribution >= 0.6 is 0 Å². The molecule has 0 bridgehead atoms. The van der Waals surface area contributed by atoms with Crippen molar-refractivity contribution < 1.29 is 22.7 Å². The minimum Gasteiger partial charge on any atom is -0.465 e. The molecule has 0 saturated carbocycles. The summed E-state index contributed by atoms with van der Waals surface area (Å²) < 4.78 is 29.9. The molecule has 1 amide bonds. The summed E-state index contributed by atoms with van der Waals surface area (Å²) in [5, 5.41) is 2.63. The van der Waals surface area contributed by atoms with E-state index in [-0.39, 0.29) is 13.1 Å². The number of benzene rings is 1. The summed E-state index contributed by atoms with van der Waals surface area (Å²) >= 11 is 0. The molecule has 0 aliphatic heterocycles. The quantitative estimate of drug-likeness (QED) is 0.540. The summed E-state index contributed by atoms with van der Waals surface area (Å²) in [6, 6.07) is 6.30. The van der Waals surface area contributed by atoms with E-state index >= 15 is 0 Å². The fourth-order valence-corrected chi connectivity index (χ4v) is 3.74. The minimum atomic E-state index is -3.51. The zero-order valence-corrected chi connectivity index (χ0v) is 16.5. The second kappa shape index (κ2) is 9.66. The Bertz CT molecular complexity index is 817. The van der Waals surface area contributed by atoms with Crippen molar-refractivity contribution in [1.29, 1.82) is 0 Å². The van der Waals surface area contributed by atoms with Crippen LogP contribution in [0.1, 0.15) is 42.5 Å². The molecule has 27 heavy (non-hydrogen) atoms. The number of allylic oxidation sites excluding steroid dienone is 1. The number of amides is 1. The molecule has 1 aliphatic rings. The number of hydrogen-bond donors (Lipinski definition) is 1. The first-order valence-electron chi connectivity index (χ1n) is 8.91. The van der Waals surface area contributed by atoms with Gasteiger partial charge in [-0.25, -0.2) is 13.2 Å². The van der Waals surface area contributed by atoms with Crippen molar-refractivity contribution >= 4 is 27.6 Å². The van der Waals surface area contributed by atoms with E-state index in [2.05, 4.69) is 16.1 Å². The van der Waals surface area contributed by atoms with Gasteiger partial charge in [-0.3, -0.25) is 4.79 Å². The molecule has 7 nitrogen and oxygen atoms in total. The van der Waals surface area contributed by atoms with Gasteiger partial charge in [0.15, 0.2) is 0 Å². The van der Waals surface area contributed by atoms with E-state index in [1.165, 1.54) is 29.5 Å². The second-order valence-electron chi connectivity index (χ2n) is 6.58. The van der Waals surface area contributed by atoms with E-state index in [9.17, 15) is 18.0 Å². The summed E-state index contributed by atoms with van der Waals surface area (Å²) in [6.45, 7) is 0.00878. The van der Waals surface area contributed by atoms with E-state index in [1.54, 1.807) is 18.2 Å². The third-order valence-electron chi connectivity index (χ3n) is 4.42. The minimum absolute atomic E-state index is 0.269. The van der Waals surface area contributed by atoms with Crippen LogP contribution in [0.2, 0.25) is 0 Å². The summed E-state index contributed by atoms with van der Waals surface area (Å²) in [5.41, 5.74) is 1.96. The number of esters is 1. The van der Waals surface area contributed by atoms with Crippen LogP contribution in [0.4, 0.5) is 5.69 Å². The highest BCUT2D eigenvalue weighted by Crippen LogP contribution is 2.20. The van der Waals surface area contributed by atoms with Crippen LogP contribution in [-0.4, -0.2) is 51.1 Å². The van der Waals surface area contributed by atoms with E-state index in [1.807, 2.05) is 0 Å². The molecule has 1 aromatic carbocycles. The van der Waals surface area contributed by atoms with E-state index in [0.717, 1.165) is 25.5 Å². The first-order valence-corrected chi connectivity index (χ1v) is 10.8. The Morgan fingerprint density at radius 1 is 1.26 bits per heavy atom. The third kappa shape index (κ3) is 6.80. The molecule has 0 spiro atoms. The van der Waals surface area contributed by atoms with Crippen LogP contribution in [-0.2, 0) is 19.6 Å². The fourth-order valence-electron chi connectivity index (χ4n) is 2.96. The maximum absolute atomic E-state index is 12.3. The van der Waals surface area contributed by atoms with Crippen molar-refractivity contribution in [1.82, 2.24) is 4.31 Å². The normalized spacial score (nSPS) is 14.6. The van der Waals surface area contributed by atoms with Crippen molar-refractivity contribution in [2.75, 3.05) is 31.8 Å². The average Bonchev–Trinajstić information content (AvgIpc) is 2.64. The van der Waals surface area contributed by atoms with Crippen molar-refractivity contribution in [3.63, 3.8) is 0 Å². The van der Waals surface area contributed by atoms with Crippen LogP contribution in [0.5, 0.6) is 0 Å². The Kier molecular flexibility index (Phi) is 7.55. The van der Waals surface area contributed by atoms with E-state index in [0.29, 0.717) is 17.7 Å². The van der Waals surface area contributed by atoms with Gasteiger partial charge >= 0.3 is 5.97 Å². The molecule has 0 saturated heterocycles. The van der Waals surface area contributed by atoms with E-state index in [4.69, 9.17) is 0 Å². The Balaban J connectivity index is 1.99. The van der Waals surface area contributed by atoms with Crippen LogP contribution in [0.3, 0.4) is 0 Å². The molecular formula is C19H26N2O5S. The van der Waals surface area contributed by atoms with Gasteiger partial charge in [-0.1, -0.05) is 17.7 Å². The molecule has 1 N–H and O–H groups in total. The molecule has 0 fully saturated rings. The maximum atomic E-state index is 12.3. The average molecular weight is 394 g/mol. The third-order valence-corrected chi connectivity index (χ3v) is 5.67. The largest absolute Gasteiger partial charge is 0.465 e. The Morgan fingerprint density at radius 3 is 2.67 bits per heavy atom. The second-order valence-corrected chi connectivity index (χ2v) is 8.56. The number of ether oxygens (including phenoxy) is 1. The summed E-state index contributed by atoms with van der Waals surface area (Å²) in [7, 11) is -2.23. The molecule has 1 aromatic rings. The lowest BCUT2D eigenvalue weighted by Gasteiger charge is -2.21. The van der Waals surface area contributed by atoms with Gasteiger partial charge < -0.3 is 10.1 Å². The molecule has 8 heteroatoms. The Hall–Kier alpha value is -2.19. The summed E-state index contributed by atoms with van der Waals surface area (Å²) in [6.07, 6.45) is 8.23. The number of sulfonamides is 1. The van der Waals surface area contributed by atoms with Crippen molar-refractivity contribution in [2.45, 2.75) is 32.1 Å². The SMILES string of the molecule is COC(=O)c1cccc(NC(=O)CN(CCC2=CCCCC2)S(C)(=O)=O)c1. The lowest BCUT2D eigenvalue weighted by molar-refractivity contribution is -0.116. The first-order chi connectivity index (χ1) is 12.8. The standard InChI is InChI=1S/C19H26N2O5S/c1-26-19(23)16-9-6-10-17(13-16)20-18(22)14-21(27(2,24)25)12-11-15-7-4-3-5-8-15/h6-7,9-10,13H,3-5,8,11-12,14H2,1-2H3,(H,20,22). The number of nitrogens with one attached hydrogen (secondary N) is 1. The zero-order chi connectivity index (χ0) is 19.9. The highest BCUT2D eigenvalue weighted by Gasteiger charge is 2.21. The number of rotatable bonds is 8. The molecule has 148 valence electrons. The molecule has 1 aliphatic carbocycles. The van der Waals surface area contributed by atoms with E-state index < -0.39 is 21.9 Å².